The molecule has 55 heavy (non-hydrogen) atoms. The van der Waals surface area contributed by atoms with Gasteiger partial charge in [0.05, 0.1) is 54.2 Å². The highest BCUT2D eigenvalue weighted by molar-refractivity contribution is 5.72. The summed E-state index contributed by atoms with van der Waals surface area (Å²) in [5, 5.41) is 56.9. The van der Waals surface area contributed by atoms with Crippen LogP contribution in [0.4, 0.5) is 0 Å². The number of carbonyl (C=O) groups excluding carboxylic acids is 1. The fourth-order valence-corrected chi connectivity index (χ4v) is 8.56. The Labute approximate surface area is 331 Å². The smallest absolute Gasteiger partial charge is 0.311 e. The zero-order chi connectivity index (χ0) is 42.4. The molecule has 326 valence electrons. The van der Waals surface area contributed by atoms with Crippen LogP contribution in [-0.2, 0) is 33.2 Å². The van der Waals surface area contributed by atoms with Crippen molar-refractivity contribution in [2.24, 2.45) is 23.5 Å². The summed E-state index contributed by atoms with van der Waals surface area (Å²) in [6, 6.07) is -0.681. The summed E-state index contributed by atoms with van der Waals surface area (Å²) in [4.78, 5) is 17.5. The van der Waals surface area contributed by atoms with Crippen LogP contribution in [0.5, 0.6) is 0 Å². The second kappa shape index (κ2) is 20.3. The number of hydrogen-bond acceptors (Lipinski definition) is 15. The molecule has 0 amide bonds. The number of hydrogen-bond donors (Lipinski definition) is 6. The normalized spacial score (nSPS) is 34.4. The van der Waals surface area contributed by atoms with Gasteiger partial charge in [-0.25, -0.2) is 0 Å². The van der Waals surface area contributed by atoms with Crippen LogP contribution in [0.25, 0.3) is 0 Å². The lowest BCUT2D eigenvalue weighted by Gasteiger charge is -2.53. The topological polar surface area (TPSA) is 206 Å². The Morgan fingerprint density at radius 2 is 1.65 bits per heavy atom. The van der Waals surface area contributed by atoms with Crippen LogP contribution in [0.3, 0.4) is 0 Å². The third-order valence-electron chi connectivity index (χ3n) is 12.3. The van der Waals surface area contributed by atoms with Crippen molar-refractivity contribution in [3.8, 4) is 0 Å². The molecule has 2 heterocycles. The average molecular weight is 794 g/mol. The molecule has 16 atom stereocenters. The van der Waals surface area contributed by atoms with Crippen LogP contribution >= 0.6 is 0 Å². The Bertz CT molecular complexity index is 1170. The molecule has 0 aromatic rings. The Balaban J connectivity index is 2.62. The lowest BCUT2D eigenvalue weighted by atomic mass is 9.75. The Morgan fingerprint density at radius 3 is 2.16 bits per heavy atom. The van der Waals surface area contributed by atoms with Gasteiger partial charge in [0.25, 0.3) is 0 Å². The Morgan fingerprint density at radius 1 is 1.05 bits per heavy atom. The van der Waals surface area contributed by atoms with Crippen molar-refractivity contribution in [1.29, 1.82) is 0 Å². The van der Waals surface area contributed by atoms with Crippen LogP contribution in [-0.4, -0.2) is 173 Å². The first kappa shape index (κ1) is 50.1. The SMILES string of the molecule is CCCOC(=O)C(C)C(OC1CC(C)(OC)C(O)(CN)C(C)O1)C(C)C(OC1OC(C)CC(N(C)C)C1O)C(C)(O)CC(C)CN(C)C(C)C(O)C(C)(C)O. The summed E-state index contributed by atoms with van der Waals surface area (Å²) in [5.41, 5.74) is 0.438. The number of nitrogens with zero attached hydrogens (tertiary/aromatic N) is 2. The van der Waals surface area contributed by atoms with Gasteiger partial charge in [0, 0.05) is 44.6 Å². The number of rotatable bonds is 21. The van der Waals surface area contributed by atoms with E-state index in [2.05, 4.69) is 0 Å². The van der Waals surface area contributed by atoms with Crippen LogP contribution in [0, 0.1) is 17.8 Å². The van der Waals surface area contributed by atoms with E-state index < -0.39 is 89.4 Å². The molecule has 0 aliphatic carbocycles. The largest absolute Gasteiger partial charge is 0.465 e. The average Bonchev–Trinajstić information content (AvgIpc) is 3.09. The van der Waals surface area contributed by atoms with E-state index in [0.717, 1.165) is 0 Å². The van der Waals surface area contributed by atoms with Crippen molar-refractivity contribution in [3.05, 3.63) is 0 Å². The highest BCUT2D eigenvalue weighted by Gasteiger charge is 2.57. The molecule has 7 N–H and O–H groups in total. The molecule has 0 saturated carbocycles. The quantitative estimate of drug-likeness (QED) is 0.0918. The molecule has 0 aromatic carbocycles. The van der Waals surface area contributed by atoms with Crippen LogP contribution in [0.2, 0.25) is 0 Å². The first-order chi connectivity index (χ1) is 25.2. The number of methoxy groups -OCH3 is 1. The van der Waals surface area contributed by atoms with E-state index in [9.17, 15) is 30.3 Å². The molecule has 15 nitrogen and oxygen atoms in total. The molecule has 0 aromatic heterocycles. The van der Waals surface area contributed by atoms with E-state index in [4.69, 9.17) is 34.2 Å². The van der Waals surface area contributed by atoms with Crippen molar-refractivity contribution in [3.63, 3.8) is 0 Å². The van der Waals surface area contributed by atoms with Gasteiger partial charge in [-0.2, -0.15) is 0 Å². The third-order valence-corrected chi connectivity index (χ3v) is 12.3. The van der Waals surface area contributed by atoms with Crippen LogP contribution in [0.15, 0.2) is 0 Å². The molecule has 2 aliphatic heterocycles. The van der Waals surface area contributed by atoms with Crippen molar-refractivity contribution in [2.75, 3.05) is 47.9 Å². The van der Waals surface area contributed by atoms with E-state index in [1.165, 1.54) is 7.11 Å². The number of aliphatic hydroxyl groups is 5. The fourth-order valence-electron chi connectivity index (χ4n) is 8.56. The molecular weight excluding hydrogens is 714 g/mol. The van der Waals surface area contributed by atoms with E-state index in [-0.39, 0.29) is 44.1 Å². The molecule has 2 fully saturated rings. The number of nitrogens with two attached hydrogens (primary N) is 1. The lowest BCUT2D eigenvalue weighted by molar-refractivity contribution is -0.335. The third kappa shape index (κ3) is 12.2. The summed E-state index contributed by atoms with van der Waals surface area (Å²) in [7, 11) is 7.11. The van der Waals surface area contributed by atoms with Crippen molar-refractivity contribution >= 4 is 5.97 Å². The molecular formula is C40H79N3O12. The summed E-state index contributed by atoms with van der Waals surface area (Å²) < 4.78 is 37.4. The monoisotopic (exact) mass is 794 g/mol. The van der Waals surface area contributed by atoms with Crippen molar-refractivity contribution in [2.45, 2.75) is 186 Å². The number of ether oxygens (including phenoxy) is 6. The zero-order valence-corrected chi connectivity index (χ0v) is 36.5. The fraction of sp³-hybridized carbons (Fsp3) is 0.975. The van der Waals surface area contributed by atoms with Crippen molar-refractivity contribution < 1.29 is 58.7 Å². The molecule has 2 saturated heterocycles. The van der Waals surface area contributed by atoms with Gasteiger partial charge in [0.15, 0.2) is 12.6 Å². The summed E-state index contributed by atoms with van der Waals surface area (Å²) >= 11 is 0. The highest BCUT2D eigenvalue weighted by Crippen LogP contribution is 2.42. The van der Waals surface area contributed by atoms with Crippen LogP contribution in [0.1, 0.15) is 102 Å². The van der Waals surface area contributed by atoms with Gasteiger partial charge in [-0.15, -0.1) is 0 Å². The lowest BCUT2D eigenvalue weighted by Crippen LogP contribution is -2.69. The molecule has 0 bridgehead atoms. The number of likely N-dealkylation sites (N-methyl/N-ethyl adjacent to an activating group) is 2. The van der Waals surface area contributed by atoms with Gasteiger partial charge >= 0.3 is 5.97 Å². The van der Waals surface area contributed by atoms with Gasteiger partial charge in [-0.05, 0) is 102 Å². The first-order valence-electron chi connectivity index (χ1n) is 20.1. The predicted octanol–water partition coefficient (Wildman–Crippen LogP) is 1.87. The molecule has 2 rings (SSSR count). The minimum absolute atomic E-state index is 0.0773. The Kier molecular flexibility index (Phi) is 18.5. The molecule has 15 heteroatoms. The minimum atomic E-state index is -1.59. The molecule has 16 unspecified atom stereocenters. The standard InChI is InChI=1S/C40H79N3O12/c1-16-17-51-35(46)26(5)32(54-30-20-39(11,50-15)40(49,22-41)28(7)53-30)25(4)34(55-36-31(44)29(42(12)13)18-24(3)52-36)38(10,48)19-23(2)21-43(14)27(6)33(45)37(8,9)47/h23-34,36,44-45,47-49H,16-22,41H2,1-15H3. The number of carbonyl (C=O) groups is 1. The number of esters is 1. The Hall–Kier alpha value is -1.05. The molecule has 2 aliphatic rings. The van der Waals surface area contributed by atoms with Gasteiger partial charge < -0.3 is 69.5 Å². The van der Waals surface area contributed by atoms with E-state index in [1.807, 2.05) is 65.6 Å². The second-order valence-electron chi connectivity index (χ2n) is 18.0. The second-order valence-corrected chi connectivity index (χ2v) is 18.0. The van der Waals surface area contributed by atoms with Gasteiger partial charge in [-0.3, -0.25) is 4.79 Å². The summed E-state index contributed by atoms with van der Waals surface area (Å²) in [6.45, 7) is 19.9. The van der Waals surface area contributed by atoms with E-state index in [1.54, 1.807) is 41.5 Å². The molecule has 0 radical (unpaired) electrons. The maximum atomic E-state index is 13.6. The summed E-state index contributed by atoms with van der Waals surface area (Å²) in [5.74, 6) is -2.28. The van der Waals surface area contributed by atoms with Gasteiger partial charge in [0.1, 0.15) is 17.3 Å². The maximum Gasteiger partial charge on any atom is 0.311 e. The van der Waals surface area contributed by atoms with Gasteiger partial charge in [0.2, 0.25) is 0 Å². The van der Waals surface area contributed by atoms with E-state index in [0.29, 0.717) is 19.4 Å². The van der Waals surface area contributed by atoms with Crippen LogP contribution < -0.4 is 5.73 Å². The maximum absolute atomic E-state index is 13.6. The summed E-state index contributed by atoms with van der Waals surface area (Å²) in [6.07, 6.45) is -5.81. The number of aliphatic hydroxyl groups excluding tert-OH is 2. The van der Waals surface area contributed by atoms with E-state index >= 15 is 0 Å². The zero-order valence-electron chi connectivity index (χ0n) is 36.5. The predicted molar refractivity (Wildman–Crippen MR) is 209 cm³/mol. The molecule has 0 spiro atoms. The first-order valence-corrected chi connectivity index (χ1v) is 20.1. The minimum Gasteiger partial charge on any atom is -0.465 e. The highest BCUT2D eigenvalue weighted by atomic mass is 16.7. The van der Waals surface area contributed by atoms with Gasteiger partial charge in [-0.1, -0.05) is 20.8 Å². The van der Waals surface area contributed by atoms with Crippen molar-refractivity contribution in [1.82, 2.24) is 9.80 Å².